The second-order valence-corrected chi connectivity index (χ2v) is 1.59. The third kappa shape index (κ3) is 4.21. The van der Waals surface area contributed by atoms with Crippen LogP contribution in [0.3, 0.4) is 0 Å². The fourth-order valence-electron chi connectivity index (χ4n) is 0. The normalized spacial score (nSPS) is 6.80. The molecule has 0 aliphatic rings. The van der Waals surface area contributed by atoms with E-state index in [2.05, 4.69) is 15.9 Å². The van der Waals surface area contributed by atoms with Crippen LogP contribution in [0.25, 0.3) is 0 Å². The molecule has 3 heteroatoms. The van der Waals surface area contributed by atoms with Crippen LogP contribution in [-0.2, 0) is 0 Å². The van der Waals surface area contributed by atoms with E-state index in [1.807, 2.05) is 0 Å². The van der Waals surface area contributed by atoms with Crippen molar-refractivity contribution in [2.45, 2.75) is 6.82 Å². The van der Waals surface area contributed by atoms with Gasteiger partial charge in [-0.15, -0.1) is 0 Å². The van der Waals surface area contributed by atoms with Gasteiger partial charge in [-0.3, -0.25) is 4.79 Å². The van der Waals surface area contributed by atoms with Crippen molar-refractivity contribution in [3.8, 4) is 0 Å². The Morgan fingerprint density at radius 2 is 2.20 bits per heavy atom. The fraction of sp³-hybridized carbons (Fsp3) is 0.500. The predicted molar refractivity (Wildman–Crippen MR) is 27.3 cm³/mol. The van der Waals surface area contributed by atoms with Gasteiger partial charge in [-0.1, -0.05) is 6.82 Å². The molecule has 0 aliphatic carbocycles. The van der Waals surface area contributed by atoms with E-state index in [1.165, 1.54) is 0 Å². The van der Waals surface area contributed by atoms with E-state index in [4.69, 9.17) is 0 Å². The highest BCUT2D eigenvalue weighted by atomic mass is 79.9. The zero-order valence-corrected chi connectivity index (χ0v) is 4.58. The van der Waals surface area contributed by atoms with Crippen LogP contribution in [0, 0.1) is 0 Å². The topological polar surface area (TPSA) is 17.1 Å². The molecule has 0 heterocycles. The first-order valence-electron chi connectivity index (χ1n) is 1.45. The number of hydrogen-bond donors (Lipinski definition) is 0. The third-order valence-corrected chi connectivity index (χ3v) is 0.839. The van der Waals surface area contributed by atoms with Crippen LogP contribution in [0.5, 0.6) is 0 Å². The summed E-state index contributed by atoms with van der Waals surface area (Å²) in [4.78, 5) is 9.73. The molecule has 0 saturated heterocycles. The van der Waals surface area contributed by atoms with Crippen molar-refractivity contribution in [2.75, 3.05) is 0 Å². The van der Waals surface area contributed by atoms with Crippen LogP contribution in [0.4, 0.5) is 4.79 Å². The van der Waals surface area contributed by atoms with Crippen LogP contribution in [0.15, 0.2) is 0 Å². The van der Waals surface area contributed by atoms with E-state index in [1.54, 1.807) is 6.82 Å². The number of carbonyl (C=O) groups excluding carboxylic acids is 1. The largest absolute Gasteiger partial charge is 0.299 e. The van der Waals surface area contributed by atoms with Crippen molar-refractivity contribution >= 4 is 27.8 Å². The monoisotopic (exact) mass is 134 g/mol. The first kappa shape index (κ1) is 5.21. The van der Waals surface area contributed by atoms with Gasteiger partial charge in [0, 0.05) is 0 Å². The van der Waals surface area contributed by atoms with Crippen molar-refractivity contribution in [1.82, 2.24) is 0 Å². The van der Waals surface area contributed by atoms with Crippen LogP contribution >= 0.6 is 15.9 Å². The summed E-state index contributed by atoms with van der Waals surface area (Å²) in [6, 6.07) is 0. The van der Waals surface area contributed by atoms with E-state index in [9.17, 15) is 4.79 Å². The summed E-state index contributed by atoms with van der Waals surface area (Å²) in [5.74, 6) is 0. The van der Waals surface area contributed by atoms with Crippen LogP contribution in [-0.4, -0.2) is 11.9 Å². The minimum atomic E-state index is 0.0671. The smallest absolute Gasteiger partial charge is 0.217 e. The fourth-order valence-corrected chi connectivity index (χ4v) is 0. The molecule has 0 saturated carbocycles. The van der Waals surface area contributed by atoms with Gasteiger partial charge in [0.15, 0.2) is 0 Å². The average Bonchev–Trinajstić information content (AvgIpc) is 1.38. The molecule has 0 N–H and O–H groups in total. The van der Waals surface area contributed by atoms with E-state index >= 15 is 0 Å². The minimum absolute atomic E-state index is 0.0671. The predicted octanol–water partition coefficient (Wildman–Crippen LogP) is 0.986. The Kier molecular flexibility index (Phi) is 2.56. The SMILES string of the molecule is CBC(=O)Br. The molecule has 0 bridgehead atoms. The lowest BCUT2D eigenvalue weighted by atomic mass is 9.86. The van der Waals surface area contributed by atoms with Crippen LogP contribution in [0.1, 0.15) is 0 Å². The third-order valence-electron chi connectivity index (χ3n) is 0.278. The molecule has 1 nitrogen and oxygen atoms in total. The van der Waals surface area contributed by atoms with Crippen molar-refractivity contribution < 1.29 is 4.79 Å². The molecule has 0 unspecified atom stereocenters. The van der Waals surface area contributed by atoms with Gasteiger partial charge in [0.2, 0.25) is 7.28 Å². The molecule has 0 amide bonds. The van der Waals surface area contributed by atoms with E-state index in [0.717, 1.165) is 0 Å². The van der Waals surface area contributed by atoms with E-state index in [0.29, 0.717) is 7.28 Å². The number of rotatable bonds is 1. The van der Waals surface area contributed by atoms with Crippen molar-refractivity contribution in [3.63, 3.8) is 0 Å². The summed E-state index contributed by atoms with van der Waals surface area (Å²) in [6.07, 6.45) is 0. The summed E-state index contributed by atoms with van der Waals surface area (Å²) >= 11 is 2.73. The molecule has 0 fully saturated rings. The summed E-state index contributed by atoms with van der Waals surface area (Å²) in [6.45, 7) is 1.80. The van der Waals surface area contributed by atoms with Gasteiger partial charge in [-0.25, -0.2) is 0 Å². The summed E-state index contributed by atoms with van der Waals surface area (Å²) in [5, 5.41) is 0. The Bertz CT molecular complexity index is 44.9. The molecule has 0 rings (SSSR count). The molecule has 28 valence electrons. The van der Waals surface area contributed by atoms with E-state index < -0.39 is 0 Å². The first-order valence-corrected chi connectivity index (χ1v) is 2.25. The highest BCUT2D eigenvalue weighted by Crippen LogP contribution is 1.80. The molecule has 0 aromatic heterocycles. The van der Waals surface area contributed by atoms with Gasteiger partial charge >= 0.3 is 0 Å². The van der Waals surface area contributed by atoms with Crippen LogP contribution < -0.4 is 0 Å². The number of hydrogen-bond acceptors (Lipinski definition) is 1. The van der Waals surface area contributed by atoms with Gasteiger partial charge in [0.05, 0.1) is 0 Å². The number of carbonyl (C=O) groups is 1. The lowest BCUT2D eigenvalue weighted by molar-refractivity contribution is 0.276. The standard InChI is InChI=1S/C2H4BBrO/c1-3-2(4)5/h3H,1H3. The Morgan fingerprint density at radius 3 is 2.20 bits per heavy atom. The molecule has 0 aromatic carbocycles. The minimum Gasteiger partial charge on any atom is -0.299 e. The maximum absolute atomic E-state index is 9.73. The highest BCUT2D eigenvalue weighted by Gasteiger charge is 1.84. The molecule has 0 spiro atoms. The Balaban J connectivity index is 2.85. The summed E-state index contributed by atoms with van der Waals surface area (Å²) in [7, 11) is 0.583. The summed E-state index contributed by atoms with van der Waals surface area (Å²) < 4.78 is 0.0671. The van der Waals surface area contributed by atoms with E-state index in [-0.39, 0.29) is 4.59 Å². The molecular formula is C2H4BBrO. The lowest BCUT2D eigenvalue weighted by Gasteiger charge is -1.65. The van der Waals surface area contributed by atoms with Gasteiger partial charge in [-0.2, -0.15) is 0 Å². The van der Waals surface area contributed by atoms with Gasteiger partial charge in [-0.05, 0) is 15.9 Å². The first-order chi connectivity index (χ1) is 2.27. The van der Waals surface area contributed by atoms with Crippen LogP contribution in [0.2, 0.25) is 6.82 Å². The Labute approximate surface area is 40.1 Å². The van der Waals surface area contributed by atoms with Crippen molar-refractivity contribution in [1.29, 1.82) is 0 Å². The molecule has 0 atom stereocenters. The summed E-state index contributed by atoms with van der Waals surface area (Å²) in [5.41, 5.74) is 0. The quantitative estimate of drug-likeness (QED) is 0.386. The molecule has 5 heavy (non-hydrogen) atoms. The highest BCUT2D eigenvalue weighted by molar-refractivity contribution is 9.19. The molecule has 0 aromatic rings. The molecule has 0 radical (unpaired) electrons. The Morgan fingerprint density at radius 1 is 2.00 bits per heavy atom. The van der Waals surface area contributed by atoms with Gasteiger partial charge in [0.1, 0.15) is 4.59 Å². The second-order valence-electron chi connectivity index (χ2n) is 0.709. The Hall–Kier alpha value is 0.215. The number of halogens is 1. The van der Waals surface area contributed by atoms with Crippen molar-refractivity contribution in [2.24, 2.45) is 0 Å². The zero-order valence-electron chi connectivity index (χ0n) is 2.99. The second kappa shape index (κ2) is 2.45. The van der Waals surface area contributed by atoms with Gasteiger partial charge in [0.25, 0.3) is 0 Å². The maximum Gasteiger partial charge on any atom is 0.217 e. The maximum atomic E-state index is 9.73. The van der Waals surface area contributed by atoms with Crippen molar-refractivity contribution in [3.05, 3.63) is 0 Å². The molecule has 0 aliphatic heterocycles. The lowest BCUT2D eigenvalue weighted by Crippen LogP contribution is -1.86. The average molecular weight is 135 g/mol. The molecular weight excluding hydrogens is 131 g/mol. The van der Waals surface area contributed by atoms with Gasteiger partial charge < -0.3 is 0 Å². The zero-order chi connectivity index (χ0) is 4.28.